The molecule has 10 rings (SSSR count). The number of rotatable bonds is 20. The number of nitrogens with zero attached hydrogens (tertiary/aromatic N) is 2. The Kier molecular flexibility index (Phi) is 33.1. The third-order valence-corrected chi connectivity index (χ3v) is 33.4. The molecular formula is C87H118F4IN3P4. The molecule has 2 fully saturated rings. The Bertz CT molecular complexity index is 3440. The van der Waals surface area contributed by atoms with Crippen LogP contribution in [-0.2, 0) is 21.7 Å². The minimum absolute atomic E-state index is 0. The molecule has 536 valence electrons. The molecule has 3 nitrogen and oxygen atoms in total. The average molecular weight is 1530 g/mol. The zero-order valence-electron chi connectivity index (χ0n) is 62.1. The van der Waals surface area contributed by atoms with Crippen molar-refractivity contribution in [3.8, 4) is 0 Å². The second kappa shape index (κ2) is 39.1. The van der Waals surface area contributed by atoms with Crippen LogP contribution < -0.4 is 26.3 Å². The molecule has 2 saturated heterocycles. The van der Waals surface area contributed by atoms with Gasteiger partial charge in [-0.2, -0.15) is 0 Å². The Morgan fingerprint density at radius 3 is 0.929 bits per heavy atom. The van der Waals surface area contributed by atoms with E-state index in [1.165, 1.54) is 114 Å². The molecule has 12 heteroatoms. The summed E-state index contributed by atoms with van der Waals surface area (Å²) in [6, 6.07) is 64.8. The van der Waals surface area contributed by atoms with Gasteiger partial charge in [0.05, 0.1) is 0 Å². The molecule has 2 heterocycles. The molecule has 0 aromatic heterocycles. The molecule has 1 N–H and O–H groups in total. The van der Waals surface area contributed by atoms with Crippen LogP contribution in [0.3, 0.4) is 0 Å². The first kappa shape index (κ1) is 83.8. The summed E-state index contributed by atoms with van der Waals surface area (Å²) in [6.45, 7) is 43.9. The molecule has 4 atom stereocenters. The van der Waals surface area contributed by atoms with Gasteiger partial charge in [-0.3, -0.25) is 9.53 Å². The number of benzene rings is 8. The smallest absolute Gasteiger partial charge is 0.132 e. The van der Waals surface area contributed by atoms with E-state index in [0.717, 1.165) is 38.8 Å². The summed E-state index contributed by atoms with van der Waals surface area (Å²) in [5, 5.41) is 6.41. The first-order valence-corrected chi connectivity index (χ1v) is 44.3. The molecule has 8 aromatic rings. The predicted molar refractivity (Wildman–Crippen MR) is 441 cm³/mol. The van der Waals surface area contributed by atoms with Crippen molar-refractivity contribution in [1.82, 2.24) is 14.4 Å². The second-order valence-electron chi connectivity index (χ2n) is 30.2. The van der Waals surface area contributed by atoms with Crippen molar-refractivity contribution in [3.63, 3.8) is 0 Å². The quantitative estimate of drug-likeness (QED) is 0.0355. The zero-order chi connectivity index (χ0) is 71.5. The topological polar surface area (TPSA) is 18.5 Å². The van der Waals surface area contributed by atoms with Crippen LogP contribution in [-0.4, -0.2) is 42.1 Å². The first-order chi connectivity index (χ1) is 46.5. The van der Waals surface area contributed by atoms with Crippen molar-refractivity contribution in [2.24, 2.45) is 0 Å². The monoisotopic (exact) mass is 1530 g/mol. The van der Waals surface area contributed by atoms with E-state index in [-0.39, 0.29) is 60.4 Å². The molecule has 2 aliphatic heterocycles. The van der Waals surface area contributed by atoms with Crippen molar-refractivity contribution in [3.05, 3.63) is 262 Å². The molecule has 0 radical (unpaired) electrons. The maximum Gasteiger partial charge on any atom is 0.132 e. The van der Waals surface area contributed by atoms with Crippen LogP contribution in [0.5, 0.6) is 0 Å². The van der Waals surface area contributed by atoms with Gasteiger partial charge in [0.2, 0.25) is 0 Å². The number of hydrogen-bond acceptors (Lipinski definition) is 3. The van der Waals surface area contributed by atoms with E-state index in [2.05, 4.69) is 251 Å². The van der Waals surface area contributed by atoms with Gasteiger partial charge in [-0.1, -0.05) is 296 Å². The van der Waals surface area contributed by atoms with Crippen molar-refractivity contribution >= 4 is 73.0 Å². The Morgan fingerprint density at radius 2 is 0.667 bits per heavy atom. The van der Waals surface area contributed by atoms with Gasteiger partial charge in [0.15, 0.2) is 0 Å². The van der Waals surface area contributed by atoms with Gasteiger partial charge >= 0.3 is 0 Å². The second-order valence-corrected chi connectivity index (χ2v) is 41.9. The van der Waals surface area contributed by atoms with Crippen LogP contribution in [0.15, 0.2) is 194 Å². The lowest BCUT2D eigenvalue weighted by atomic mass is 9.86. The van der Waals surface area contributed by atoms with Crippen LogP contribution in [0.25, 0.3) is 0 Å². The van der Waals surface area contributed by atoms with E-state index >= 15 is 8.78 Å². The lowest BCUT2D eigenvalue weighted by Gasteiger charge is -2.42. The third-order valence-electron chi connectivity index (χ3n) is 19.0. The Labute approximate surface area is 616 Å². The van der Waals surface area contributed by atoms with E-state index < -0.39 is 21.7 Å². The van der Waals surface area contributed by atoms with Crippen molar-refractivity contribution in [1.29, 1.82) is 0 Å². The van der Waals surface area contributed by atoms with E-state index in [1.807, 2.05) is 24.3 Å². The van der Waals surface area contributed by atoms with E-state index in [4.69, 9.17) is 0 Å². The fourth-order valence-corrected chi connectivity index (χ4v) is 27.1. The first-order valence-electron chi connectivity index (χ1n) is 36.0. The third kappa shape index (κ3) is 23.2. The van der Waals surface area contributed by atoms with Gasteiger partial charge in [-0.25, -0.2) is 17.6 Å². The summed E-state index contributed by atoms with van der Waals surface area (Å²) in [5.41, 5.74) is 12.8. The summed E-state index contributed by atoms with van der Waals surface area (Å²) in [5.74, 6) is -1.04. The van der Waals surface area contributed by atoms with Gasteiger partial charge in [0.25, 0.3) is 0 Å². The van der Waals surface area contributed by atoms with Crippen LogP contribution >= 0.6 is 51.8 Å². The Morgan fingerprint density at radius 1 is 0.394 bits per heavy atom. The van der Waals surface area contributed by atoms with Gasteiger partial charge in [0.1, 0.15) is 23.3 Å². The Hall–Kier alpha value is -4.19. The van der Waals surface area contributed by atoms with Crippen molar-refractivity contribution in [2.45, 2.75) is 221 Å². The summed E-state index contributed by atoms with van der Waals surface area (Å²) >= 11 is 2.11. The van der Waals surface area contributed by atoms with E-state index in [0.29, 0.717) is 43.9 Å². The van der Waals surface area contributed by atoms with Crippen molar-refractivity contribution < 1.29 is 17.6 Å². The number of hydrogen-bond donors (Lipinski definition) is 1. The largest absolute Gasteiger partial charge is 0.304 e. The molecule has 8 aromatic carbocycles. The highest BCUT2D eigenvalue weighted by Crippen LogP contribution is 2.76. The fraction of sp³-hybridized carbons (Fsp3) is 0.448. The van der Waals surface area contributed by atoms with Gasteiger partial charge in [0, 0.05) is 64.0 Å². The van der Waals surface area contributed by atoms with Crippen LogP contribution in [0.1, 0.15) is 244 Å². The van der Waals surface area contributed by atoms with Gasteiger partial charge < -0.3 is 4.90 Å². The highest BCUT2D eigenvalue weighted by atomic mass is 127. The summed E-state index contributed by atoms with van der Waals surface area (Å²) in [4.78, 5) is 2.38. The van der Waals surface area contributed by atoms with Crippen LogP contribution in [0.2, 0.25) is 0 Å². The van der Waals surface area contributed by atoms with E-state index in [1.54, 1.807) is 48.5 Å². The molecule has 0 amide bonds. The van der Waals surface area contributed by atoms with Crippen molar-refractivity contribution in [2.75, 3.05) is 32.7 Å². The van der Waals surface area contributed by atoms with Gasteiger partial charge in [-0.15, -0.1) is 0 Å². The highest BCUT2D eigenvalue weighted by molar-refractivity contribution is 14.2. The lowest BCUT2D eigenvalue weighted by molar-refractivity contribution is 0.321. The average Bonchev–Trinajstić information content (AvgIpc) is 1.73. The number of halogens is 5. The SMILES string of the molecule is C.CCCCN(P(c1ccccc1F)c1ccccc1F)P1[C@H](c2ccc(C(C)(C)C)cc2)CC[C@H]1c1ccc(C(C)(C)C)cc1.CCCCNP1[C@H](c2ccc(C(C)(C)C)cc2)CC[C@H]1c1ccc(C(C)(C)C)cc1.CCN(CC)CC.Fc1ccccc1P(I)c1ccccc1F. The molecular weight excluding hydrogens is 1410 g/mol. The predicted octanol–water partition coefficient (Wildman–Crippen LogP) is 26.1. The molecule has 0 spiro atoms. The lowest BCUT2D eigenvalue weighted by Crippen LogP contribution is -2.30. The van der Waals surface area contributed by atoms with Gasteiger partial charge in [-0.05, 0) is 205 Å². The molecule has 0 aliphatic carbocycles. The molecule has 2 aliphatic rings. The number of nitrogens with one attached hydrogen (secondary N) is 1. The summed E-state index contributed by atoms with van der Waals surface area (Å²) < 4.78 is 61.4. The summed E-state index contributed by atoms with van der Waals surface area (Å²) in [7, 11) is -2.57. The van der Waals surface area contributed by atoms with E-state index in [9.17, 15) is 8.78 Å². The molecule has 0 saturated carbocycles. The Balaban J connectivity index is 0.000000244. The number of unbranched alkanes of at least 4 members (excludes halogenated alkanes) is 2. The molecule has 0 unspecified atom stereocenters. The summed E-state index contributed by atoms with van der Waals surface area (Å²) in [6.07, 6.45) is 9.24. The fourth-order valence-electron chi connectivity index (χ4n) is 12.9. The maximum atomic E-state index is 15.9. The zero-order valence-corrected chi connectivity index (χ0v) is 67.8. The normalized spacial score (nSPS) is 16.8. The highest BCUT2D eigenvalue weighted by Gasteiger charge is 2.45. The minimum Gasteiger partial charge on any atom is -0.304 e. The standard InChI is InChI=1S/C40H49F2NP2.C28H42NP.C12H8F2IP.C6H15N.CH4/c1-8-9-28-43(45(37-16-12-10-14-33(37)41)38-17-13-11-15-34(38)42)44-35(29-18-22-31(23-19-29)39(2,3)4)26-27-36(44)30-20-24-32(25-21-30)40(5,6)7;1-8-9-20-29-30-25(21-10-14-23(15-11-21)27(2,3)4)18-19-26(30)22-12-16-24(17-13-22)28(5,6)7;13-9-5-1-3-7-11(9)16(15)12-8-4-2-6-10(12)14;1-4-7(5-2)6-3;/h10-25,35-36H,8-9,26-28H2,1-7H3;10-17,25-26,29H,8-9,18-20H2,1-7H3;1-8H;4-6H2,1-3H3;1H4/t35-,36-;25-,26-;;;/m00.../s1. The maximum absolute atomic E-state index is 15.9. The molecule has 99 heavy (non-hydrogen) atoms. The molecule has 0 bridgehead atoms. The minimum atomic E-state index is -1.45. The van der Waals surface area contributed by atoms with Crippen LogP contribution in [0, 0.1) is 23.3 Å². The van der Waals surface area contributed by atoms with Crippen LogP contribution in [0.4, 0.5) is 17.6 Å².